The molecule has 0 aliphatic heterocycles. The maximum Gasteiger partial charge on any atom is 0.472 e. The molecule has 0 spiro atoms. The zero-order valence-electron chi connectivity index (χ0n) is 32.6. The third-order valence-electron chi connectivity index (χ3n) is 8.50. The molecule has 2 atom stereocenters. The van der Waals surface area contributed by atoms with Gasteiger partial charge in [0.05, 0.1) is 13.2 Å². The molecule has 0 rings (SSSR count). The number of nitrogens with two attached hydrogens (primary N) is 1. The van der Waals surface area contributed by atoms with Crippen LogP contribution in [-0.2, 0) is 32.7 Å². The van der Waals surface area contributed by atoms with Gasteiger partial charge in [-0.15, -0.1) is 0 Å². The summed E-state index contributed by atoms with van der Waals surface area (Å²) in [7, 11) is -4.38. The molecular weight excluding hydrogens is 665 g/mol. The van der Waals surface area contributed by atoms with Gasteiger partial charge >= 0.3 is 19.8 Å². The number of ether oxygens (including phenoxy) is 2. The number of esters is 2. The van der Waals surface area contributed by atoms with Gasteiger partial charge in [0, 0.05) is 19.4 Å². The summed E-state index contributed by atoms with van der Waals surface area (Å²) >= 11 is 0. The number of hydrogen-bond donors (Lipinski definition) is 2. The number of carbonyl (C=O) groups excluding carboxylic acids is 2. The zero-order valence-corrected chi connectivity index (χ0v) is 33.5. The second-order valence-electron chi connectivity index (χ2n) is 13.5. The molecule has 0 aliphatic rings. The number of allylic oxidation sites excluding steroid dienone is 6. The Morgan fingerprint density at radius 3 is 1.57 bits per heavy atom. The Bertz CT molecular complexity index is 939. The summed E-state index contributed by atoms with van der Waals surface area (Å²) in [6.45, 7) is 3.66. The number of phosphoric acid groups is 1. The number of unbranched alkanes of at least 4 members (excludes halogenated alkanes) is 19. The van der Waals surface area contributed by atoms with Crippen molar-refractivity contribution >= 4 is 19.8 Å². The number of carbonyl (C=O) groups is 2. The Hall–Kier alpha value is -1.77. The molecular formula is C41H76NO8P. The molecule has 0 amide bonds. The lowest BCUT2D eigenvalue weighted by molar-refractivity contribution is -0.161. The van der Waals surface area contributed by atoms with Crippen LogP contribution in [0.1, 0.15) is 181 Å². The minimum atomic E-state index is -4.38. The molecule has 0 radical (unpaired) electrons. The normalized spacial score (nSPS) is 13.7. The molecule has 3 N–H and O–H groups in total. The average molecular weight is 742 g/mol. The van der Waals surface area contributed by atoms with Crippen LogP contribution in [0.2, 0.25) is 0 Å². The quantitative estimate of drug-likeness (QED) is 0.0274. The highest BCUT2D eigenvalue weighted by Crippen LogP contribution is 2.43. The Balaban J connectivity index is 4.25. The van der Waals surface area contributed by atoms with E-state index in [2.05, 4.69) is 50.3 Å². The van der Waals surface area contributed by atoms with Crippen molar-refractivity contribution in [3.8, 4) is 0 Å². The molecule has 298 valence electrons. The van der Waals surface area contributed by atoms with Gasteiger partial charge in [-0.05, 0) is 70.6 Å². The minimum absolute atomic E-state index is 0.0476. The molecule has 0 aromatic rings. The maximum absolute atomic E-state index is 12.5. The number of phosphoric ester groups is 1. The van der Waals surface area contributed by atoms with Gasteiger partial charge in [-0.1, -0.05) is 134 Å². The fraction of sp³-hybridized carbons (Fsp3) is 0.805. The summed E-state index contributed by atoms with van der Waals surface area (Å²) in [5, 5.41) is 0. The van der Waals surface area contributed by atoms with Crippen molar-refractivity contribution in [3.05, 3.63) is 36.5 Å². The Morgan fingerprint density at radius 1 is 0.588 bits per heavy atom. The summed E-state index contributed by atoms with van der Waals surface area (Å²) in [5.41, 5.74) is 5.33. The first-order valence-corrected chi connectivity index (χ1v) is 22.0. The number of hydrogen-bond acceptors (Lipinski definition) is 8. The molecule has 0 saturated carbocycles. The van der Waals surface area contributed by atoms with Crippen LogP contribution in [0.15, 0.2) is 36.5 Å². The van der Waals surface area contributed by atoms with Gasteiger partial charge in [0.1, 0.15) is 6.61 Å². The first-order valence-electron chi connectivity index (χ1n) is 20.5. The van der Waals surface area contributed by atoms with Crippen molar-refractivity contribution < 1.29 is 37.6 Å². The molecule has 9 nitrogen and oxygen atoms in total. The van der Waals surface area contributed by atoms with E-state index in [-0.39, 0.29) is 32.6 Å². The average Bonchev–Trinajstić information content (AvgIpc) is 3.11. The fourth-order valence-corrected chi connectivity index (χ4v) is 6.19. The highest BCUT2D eigenvalue weighted by Gasteiger charge is 2.25. The second kappa shape index (κ2) is 38.0. The van der Waals surface area contributed by atoms with Gasteiger partial charge < -0.3 is 20.1 Å². The lowest BCUT2D eigenvalue weighted by atomic mass is 10.1. The third-order valence-corrected chi connectivity index (χ3v) is 9.48. The van der Waals surface area contributed by atoms with Crippen molar-refractivity contribution in [3.63, 3.8) is 0 Å². The van der Waals surface area contributed by atoms with Crippen LogP contribution in [0.3, 0.4) is 0 Å². The molecule has 0 bridgehead atoms. The van der Waals surface area contributed by atoms with Crippen LogP contribution in [-0.4, -0.2) is 49.3 Å². The van der Waals surface area contributed by atoms with Gasteiger partial charge in [0.25, 0.3) is 0 Å². The Morgan fingerprint density at radius 2 is 1.02 bits per heavy atom. The van der Waals surface area contributed by atoms with Gasteiger partial charge in [-0.2, -0.15) is 0 Å². The smallest absolute Gasteiger partial charge is 0.462 e. The minimum Gasteiger partial charge on any atom is -0.462 e. The number of rotatable bonds is 38. The van der Waals surface area contributed by atoms with Crippen LogP contribution < -0.4 is 5.73 Å². The largest absolute Gasteiger partial charge is 0.472 e. The molecule has 0 aliphatic carbocycles. The summed E-state index contributed by atoms with van der Waals surface area (Å²) in [6.07, 6.45) is 40.3. The third kappa shape index (κ3) is 37.8. The Labute approximate surface area is 312 Å². The maximum atomic E-state index is 12.5. The van der Waals surface area contributed by atoms with Crippen LogP contribution in [0.4, 0.5) is 0 Å². The van der Waals surface area contributed by atoms with Crippen molar-refractivity contribution in [2.24, 2.45) is 5.73 Å². The lowest BCUT2D eigenvalue weighted by Gasteiger charge is -2.19. The molecule has 0 saturated heterocycles. The second-order valence-corrected chi connectivity index (χ2v) is 14.9. The highest BCUT2D eigenvalue weighted by atomic mass is 31.2. The summed E-state index contributed by atoms with van der Waals surface area (Å²) in [5.74, 6) is -0.872. The van der Waals surface area contributed by atoms with Crippen molar-refractivity contribution in [2.75, 3.05) is 26.4 Å². The van der Waals surface area contributed by atoms with E-state index < -0.39 is 32.5 Å². The molecule has 1 unspecified atom stereocenters. The van der Waals surface area contributed by atoms with E-state index in [9.17, 15) is 19.0 Å². The predicted molar refractivity (Wildman–Crippen MR) is 210 cm³/mol. The molecule has 51 heavy (non-hydrogen) atoms. The van der Waals surface area contributed by atoms with E-state index in [1.54, 1.807) is 0 Å². The fourth-order valence-electron chi connectivity index (χ4n) is 5.42. The Kier molecular flexibility index (Phi) is 36.7. The standard InChI is InChI=1S/C41H76NO8P/c1-3-5-7-9-11-13-15-17-19-21-23-25-27-29-31-33-40(43)47-37-39(38-49-51(45,46)48-36-35-42)50-41(44)34-32-30-28-26-24-22-20-18-16-14-12-10-8-6-4-2/h13,15,18,20,24,26,39H,3-12,14,16-17,19,21-23,25,27-38,42H2,1-2H3,(H,45,46)/b15-13+,20-18+,26-24+/t39-/m1/s1. The monoisotopic (exact) mass is 742 g/mol. The first kappa shape index (κ1) is 49.2. The van der Waals surface area contributed by atoms with E-state index in [4.69, 9.17) is 24.3 Å². The molecule has 0 fully saturated rings. The van der Waals surface area contributed by atoms with Crippen LogP contribution in [0.25, 0.3) is 0 Å². The van der Waals surface area contributed by atoms with Gasteiger partial charge in [0.15, 0.2) is 6.10 Å². The van der Waals surface area contributed by atoms with E-state index in [0.29, 0.717) is 6.42 Å². The SMILES string of the molecule is CCCCCC/C=C/CCCCCCCCCC(=O)OC[C@H](COP(=O)(O)OCCN)OC(=O)CCCC/C=C/C/C=C/CCCCCCCC. The zero-order chi connectivity index (χ0) is 37.5. The van der Waals surface area contributed by atoms with Gasteiger partial charge in [-0.3, -0.25) is 18.6 Å². The first-order chi connectivity index (χ1) is 24.8. The molecule has 0 aromatic heterocycles. The van der Waals surface area contributed by atoms with Crippen LogP contribution >= 0.6 is 7.82 Å². The van der Waals surface area contributed by atoms with E-state index in [0.717, 1.165) is 57.8 Å². The van der Waals surface area contributed by atoms with Crippen molar-refractivity contribution in [1.82, 2.24) is 0 Å². The molecule has 10 heteroatoms. The topological polar surface area (TPSA) is 134 Å². The molecule has 0 aromatic carbocycles. The van der Waals surface area contributed by atoms with Crippen LogP contribution in [0, 0.1) is 0 Å². The highest BCUT2D eigenvalue weighted by molar-refractivity contribution is 7.47. The van der Waals surface area contributed by atoms with Crippen molar-refractivity contribution in [2.45, 2.75) is 187 Å². The lowest BCUT2D eigenvalue weighted by Crippen LogP contribution is -2.29. The van der Waals surface area contributed by atoms with E-state index in [1.807, 2.05) is 0 Å². The summed E-state index contributed by atoms with van der Waals surface area (Å²) in [4.78, 5) is 34.8. The van der Waals surface area contributed by atoms with E-state index >= 15 is 0 Å². The van der Waals surface area contributed by atoms with Crippen molar-refractivity contribution in [1.29, 1.82) is 0 Å². The summed E-state index contributed by atoms with van der Waals surface area (Å²) in [6, 6.07) is 0. The molecule has 0 heterocycles. The summed E-state index contributed by atoms with van der Waals surface area (Å²) < 4.78 is 32.7. The van der Waals surface area contributed by atoms with Gasteiger partial charge in [0.2, 0.25) is 0 Å². The van der Waals surface area contributed by atoms with Gasteiger partial charge in [-0.25, -0.2) is 4.57 Å². The van der Waals surface area contributed by atoms with Crippen LogP contribution in [0.5, 0.6) is 0 Å². The predicted octanol–water partition coefficient (Wildman–Crippen LogP) is 11.4. The van der Waals surface area contributed by atoms with E-state index in [1.165, 1.54) is 89.9 Å².